The molecule has 1 aromatic rings. The topological polar surface area (TPSA) is 49.4 Å². The third kappa shape index (κ3) is 3.76. The predicted octanol–water partition coefficient (Wildman–Crippen LogP) is 3.42. The van der Waals surface area contributed by atoms with Crippen LogP contribution in [0.5, 0.6) is 0 Å². The molecular weight excluding hydrogens is 345 g/mol. The van der Waals surface area contributed by atoms with E-state index in [2.05, 4.69) is 5.32 Å². The van der Waals surface area contributed by atoms with Gasteiger partial charge in [-0.3, -0.25) is 9.59 Å². The summed E-state index contributed by atoms with van der Waals surface area (Å²) >= 11 is 0. The number of fused-ring (bicyclic) bond motifs is 1. The molecule has 1 unspecified atom stereocenters. The summed E-state index contributed by atoms with van der Waals surface area (Å²) in [6, 6.07) is 4.96. The number of likely N-dealkylation sites (N-methyl/N-ethyl adjacent to an activating group) is 1. The largest absolute Gasteiger partial charge is 0.416 e. The highest BCUT2D eigenvalue weighted by atomic mass is 19.4. The maximum absolute atomic E-state index is 12.7. The molecule has 0 radical (unpaired) electrons. The normalized spacial score (nSPS) is 20.4. The Balaban J connectivity index is 1.64. The van der Waals surface area contributed by atoms with Crippen LogP contribution in [0.2, 0.25) is 0 Å². The highest BCUT2D eigenvalue weighted by Crippen LogP contribution is 2.37. The van der Waals surface area contributed by atoms with Crippen molar-refractivity contribution in [3.63, 3.8) is 0 Å². The number of nitrogens with zero attached hydrogens (tertiary/aromatic N) is 1. The number of rotatable bonds is 4. The minimum atomic E-state index is -4.41. The van der Waals surface area contributed by atoms with E-state index in [0.717, 1.165) is 43.4 Å². The van der Waals surface area contributed by atoms with E-state index in [9.17, 15) is 22.8 Å². The van der Waals surface area contributed by atoms with Crippen molar-refractivity contribution in [2.24, 2.45) is 0 Å². The number of halogens is 3. The lowest BCUT2D eigenvalue weighted by atomic mass is 9.88. The molecule has 1 N–H and O–H groups in total. The Bertz CT molecular complexity index is 755. The van der Waals surface area contributed by atoms with Gasteiger partial charge in [0.05, 0.1) is 18.0 Å². The maximum Gasteiger partial charge on any atom is 0.416 e. The van der Waals surface area contributed by atoms with Gasteiger partial charge in [0, 0.05) is 19.2 Å². The van der Waals surface area contributed by atoms with Crippen molar-refractivity contribution in [3.05, 3.63) is 46.5 Å². The van der Waals surface area contributed by atoms with E-state index in [0.29, 0.717) is 11.1 Å². The zero-order valence-corrected chi connectivity index (χ0v) is 14.5. The zero-order valence-electron chi connectivity index (χ0n) is 14.5. The lowest BCUT2D eigenvalue weighted by Gasteiger charge is -2.26. The van der Waals surface area contributed by atoms with Gasteiger partial charge in [-0.05, 0) is 42.5 Å². The Kier molecular flexibility index (Phi) is 5.07. The fourth-order valence-electron chi connectivity index (χ4n) is 3.74. The number of carbonyl (C=O) groups is 2. The molecule has 2 amide bonds. The molecule has 3 rings (SSSR count). The summed E-state index contributed by atoms with van der Waals surface area (Å²) in [5.74, 6) is -0.459. The van der Waals surface area contributed by atoms with Crippen molar-refractivity contribution < 1.29 is 22.8 Å². The van der Waals surface area contributed by atoms with E-state index in [1.54, 1.807) is 11.9 Å². The van der Waals surface area contributed by atoms with Crippen LogP contribution in [0.1, 0.15) is 43.2 Å². The average Bonchev–Trinajstić information content (AvgIpc) is 2.85. The Labute approximate surface area is 150 Å². The minimum Gasteiger partial charge on any atom is -0.352 e. The summed E-state index contributed by atoms with van der Waals surface area (Å²) in [4.78, 5) is 26.3. The second-order valence-electron chi connectivity index (χ2n) is 6.83. The van der Waals surface area contributed by atoms with Crippen LogP contribution in [0.4, 0.5) is 13.2 Å². The molecule has 1 saturated carbocycles. The lowest BCUT2D eigenvalue weighted by Crippen LogP contribution is -2.33. The van der Waals surface area contributed by atoms with E-state index < -0.39 is 11.7 Å². The number of amides is 2. The zero-order chi connectivity index (χ0) is 18.9. The molecule has 1 aliphatic carbocycles. The Morgan fingerprint density at radius 1 is 1.31 bits per heavy atom. The SMILES string of the molecule is CN1C(=O)C(CC(=O)NCc2cccc(C(F)(F)F)c2)=C2CCCCC21. The number of benzene rings is 1. The number of hydrogen-bond donors (Lipinski definition) is 1. The van der Waals surface area contributed by atoms with E-state index in [1.807, 2.05) is 0 Å². The fourth-order valence-corrected chi connectivity index (χ4v) is 3.74. The monoisotopic (exact) mass is 366 g/mol. The molecule has 4 nitrogen and oxygen atoms in total. The van der Waals surface area contributed by atoms with E-state index in [-0.39, 0.29) is 30.8 Å². The Morgan fingerprint density at radius 2 is 2.08 bits per heavy atom. The smallest absolute Gasteiger partial charge is 0.352 e. The second kappa shape index (κ2) is 7.13. The molecule has 1 heterocycles. The number of carbonyl (C=O) groups excluding carboxylic acids is 2. The number of alkyl halides is 3. The van der Waals surface area contributed by atoms with Crippen molar-refractivity contribution in [3.8, 4) is 0 Å². The van der Waals surface area contributed by atoms with Gasteiger partial charge in [-0.25, -0.2) is 0 Å². The minimum absolute atomic E-state index is 0.00117. The molecule has 1 atom stereocenters. The summed E-state index contributed by atoms with van der Waals surface area (Å²) in [7, 11) is 1.76. The van der Waals surface area contributed by atoms with Gasteiger partial charge in [-0.2, -0.15) is 13.2 Å². The standard InChI is InChI=1S/C19H21F3N2O2/c1-24-16-8-3-2-7-14(16)15(18(24)26)10-17(25)23-11-12-5-4-6-13(9-12)19(20,21)22/h4-6,9,16H,2-3,7-8,10-11H2,1H3,(H,23,25). The van der Waals surface area contributed by atoms with Gasteiger partial charge >= 0.3 is 6.18 Å². The second-order valence-corrected chi connectivity index (χ2v) is 6.83. The molecular formula is C19H21F3N2O2. The summed E-state index contributed by atoms with van der Waals surface area (Å²) < 4.78 is 38.2. The van der Waals surface area contributed by atoms with Gasteiger partial charge in [-0.15, -0.1) is 0 Å². The summed E-state index contributed by atoms with van der Waals surface area (Å²) in [5.41, 5.74) is 1.24. The molecule has 1 aliphatic heterocycles. The van der Waals surface area contributed by atoms with E-state index >= 15 is 0 Å². The highest BCUT2D eigenvalue weighted by Gasteiger charge is 2.38. The van der Waals surface area contributed by atoms with Crippen LogP contribution >= 0.6 is 0 Å². The van der Waals surface area contributed by atoms with Gasteiger partial charge in [0.15, 0.2) is 0 Å². The summed E-state index contributed by atoms with van der Waals surface area (Å²) in [6.07, 6.45) is -0.593. The van der Waals surface area contributed by atoms with Crippen molar-refractivity contribution in [1.82, 2.24) is 10.2 Å². The van der Waals surface area contributed by atoms with Crippen LogP contribution in [0.15, 0.2) is 35.4 Å². The molecule has 1 aromatic carbocycles. The first kappa shape index (κ1) is 18.5. The molecule has 2 aliphatic rings. The van der Waals surface area contributed by atoms with Gasteiger partial charge in [-0.1, -0.05) is 18.6 Å². The third-order valence-electron chi connectivity index (χ3n) is 5.09. The maximum atomic E-state index is 12.7. The van der Waals surface area contributed by atoms with Gasteiger partial charge in [0.2, 0.25) is 5.91 Å². The van der Waals surface area contributed by atoms with Gasteiger partial charge < -0.3 is 10.2 Å². The van der Waals surface area contributed by atoms with Crippen LogP contribution in [0, 0.1) is 0 Å². The van der Waals surface area contributed by atoms with Crippen molar-refractivity contribution in [2.45, 2.75) is 50.9 Å². The van der Waals surface area contributed by atoms with Crippen LogP contribution in [0.25, 0.3) is 0 Å². The van der Waals surface area contributed by atoms with Gasteiger partial charge in [0.25, 0.3) is 5.91 Å². The van der Waals surface area contributed by atoms with Gasteiger partial charge in [0.1, 0.15) is 0 Å². The number of nitrogens with one attached hydrogen (secondary N) is 1. The first-order valence-corrected chi connectivity index (χ1v) is 8.69. The third-order valence-corrected chi connectivity index (χ3v) is 5.09. The summed E-state index contributed by atoms with van der Waals surface area (Å²) in [6.45, 7) is -0.00117. The molecule has 0 aromatic heterocycles. The Morgan fingerprint density at radius 3 is 2.81 bits per heavy atom. The fraction of sp³-hybridized carbons (Fsp3) is 0.474. The molecule has 7 heteroatoms. The Hall–Kier alpha value is -2.31. The summed E-state index contributed by atoms with van der Waals surface area (Å²) in [5, 5.41) is 2.62. The lowest BCUT2D eigenvalue weighted by molar-refractivity contribution is -0.137. The van der Waals surface area contributed by atoms with Crippen LogP contribution in [0.3, 0.4) is 0 Å². The van der Waals surface area contributed by atoms with Crippen LogP contribution in [-0.4, -0.2) is 29.8 Å². The molecule has 140 valence electrons. The van der Waals surface area contributed by atoms with Crippen molar-refractivity contribution in [2.75, 3.05) is 7.05 Å². The molecule has 26 heavy (non-hydrogen) atoms. The molecule has 1 fully saturated rings. The molecule has 0 spiro atoms. The first-order valence-electron chi connectivity index (χ1n) is 8.69. The average molecular weight is 366 g/mol. The highest BCUT2D eigenvalue weighted by molar-refractivity contribution is 6.02. The molecule has 0 saturated heterocycles. The van der Waals surface area contributed by atoms with E-state index in [1.165, 1.54) is 12.1 Å². The molecule has 0 bridgehead atoms. The van der Waals surface area contributed by atoms with E-state index in [4.69, 9.17) is 0 Å². The quantitative estimate of drug-likeness (QED) is 0.888. The van der Waals surface area contributed by atoms with Crippen molar-refractivity contribution >= 4 is 11.8 Å². The first-order chi connectivity index (χ1) is 12.3. The predicted molar refractivity (Wildman–Crippen MR) is 90.0 cm³/mol. The van der Waals surface area contributed by atoms with Crippen LogP contribution < -0.4 is 5.32 Å². The van der Waals surface area contributed by atoms with Crippen LogP contribution in [-0.2, 0) is 22.3 Å². The number of hydrogen-bond acceptors (Lipinski definition) is 2. The van der Waals surface area contributed by atoms with Crippen molar-refractivity contribution in [1.29, 1.82) is 0 Å².